The summed E-state index contributed by atoms with van der Waals surface area (Å²) in [6.07, 6.45) is 1.94. The second kappa shape index (κ2) is 3.57. The van der Waals surface area contributed by atoms with E-state index in [9.17, 15) is 0 Å². The van der Waals surface area contributed by atoms with Gasteiger partial charge >= 0.3 is 0 Å². The van der Waals surface area contributed by atoms with Crippen molar-refractivity contribution in [2.75, 3.05) is 12.0 Å². The summed E-state index contributed by atoms with van der Waals surface area (Å²) in [5.41, 5.74) is 6.31. The number of hydrogen-bond donors (Lipinski definition) is 1. The molecule has 0 spiro atoms. The molecule has 60 valence electrons. The number of thioether (sulfide) groups is 1. The molecule has 0 aliphatic carbocycles. The Bertz CT molecular complexity index is 275. The Kier molecular flexibility index (Phi) is 2.93. The molecular weight excluding hydrogens is 201 g/mol. The van der Waals surface area contributed by atoms with E-state index in [0.29, 0.717) is 15.7 Å². The van der Waals surface area contributed by atoms with E-state index in [0.717, 1.165) is 4.90 Å². The SMILES string of the molecule is CSc1cc(Cl)c(Cl)cc1N. The molecule has 1 rings (SSSR count). The summed E-state index contributed by atoms with van der Waals surface area (Å²) in [6.45, 7) is 0. The van der Waals surface area contributed by atoms with Crippen LogP contribution in [0.5, 0.6) is 0 Å². The minimum Gasteiger partial charge on any atom is -0.398 e. The smallest absolute Gasteiger partial charge is 0.0613 e. The van der Waals surface area contributed by atoms with Crippen molar-refractivity contribution in [2.45, 2.75) is 4.90 Å². The fraction of sp³-hybridized carbons (Fsp3) is 0.143. The van der Waals surface area contributed by atoms with Crippen molar-refractivity contribution < 1.29 is 0 Å². The predicted molar refractivity (Wildman–Crippen MR) is 52.7 cm³/mol. The molecule has 1 aromatic rings. The lowest BCUT2D eigenvalue weighted by Gasteiger charge is -2.03. The number of anilines is 1. The van der Waals surface area contributed by atoms with Crippen molar-refractivity contribution in [3.63, 3.8) is 0 Å². The molecule has 0 saturated carbocycles. The maximum atomic E-state index is 5.76. The van der Waals surface area contributed by atoms with E-state index < -0.39 is 0 Å². The highest BCUT2D eigenvalue weighted by Gasteiger charge is 2.02. The Morgan fingerprint density at radius 1 is 1.27 bits per heavy atom. The molecule has 0 aromatic heterocycles. The molecule has 0 fully saturated rings. The largest absolute Gasteiger partial charge is 0.398 e. The highest BCUT2D eigenvalue weighted by atomic mass is 35.5. The van der Waals surface area contributed by atoms with Gasteiger partial charge in [-0.1, -0.05) is 23.2 Å². The fourth-order valence-corrected chi connectivity index (χ4v) is 1.65. The first kappa shape index (κ1) is 9.04. The zero-order chi connectivity index (χ0) is 8.43. The Morgan fingerprint density at radius 2 is 1.82 bits per heavy atom. The number of nitrogens with two attached hydrogens (primary N) is 1. The number of rotatable bonds is 1. The van der Waals surface area contributed by atoms with Crippen molar-refractivity contribution in [3.8, 4) is 0 Å². The van der Waals surface area contributed by atoms with E-state index in [1.807, 2.05) is 6.26 Å². The summed E-state index contributed by atoms with van der Waals surface area (Å²) in [6, 6.07) is 3.43. The second-order valence-electron chi connectivity index (χ2n) is 2.01. The van der Waals surface area contributed by atoms with Crippen molar-refractivity contribution in [1.29, 1.82) is 0 Å². The number of hydrogen-bond acceptors (Lipinski definition) is 2. The van der Waals surface area contributed by atoms with E-state index in [1.54, 1.807) is 23.9 Å². The number of benzene rings is 1. The molecule has 4 heteroatoms. The van der Waals surface area contributed by atoms with E-state index in [2.05, 4.69) is 0 Å². The van der Waals surface area contributed by atoms with Gasteiger partial charge in [-0.3, -0.25) is 0 Å². The van der Waals surface area contributed by atoms with Crippen molar-refractivity contribution in [2.24, 2.45) is 0 Å². The molecule has 0 radical (unpaired) electrons. The van der Waals surface area contributed by atoms with Gasteiger partial charge in [-0.15, -0.1) is 11.8 Å². The van der Waals surface area contributed by atoms with Gasteiger partial charge in [0.25, 0.3) is 0 Å². The average Bonchev–Trinajstić information content (AvgIpc) is 1.97. The van der Waals surface area contributed by atoms with Crippen LogP contribution < -0.4 is 5.73 Å². The van der Waals surface area contributed by atoms with Crippen LogP contribution in [0.1, 0.15) is 0 Å². The van der Waals surface area contributed by atoms with Crippen LogP contribution in [-0.4, -0.2) is 6.26 Å². The molecule has 0 heterocycles. The lowest BCUT2D eigenvalue weighted by atomic mass is 10.3. The second-order valence-corrected chi connectivity index (χ2v) is 3.67. The summed E-state index contributed by atoms with van der Waals surface area (Å²) in [7, 11) is 0. The zero-order valence-electron chi connectivity index (χ0n) is 5.90. The fourth-order valence-electron chi connectivity index (χ4n) is 0.721. The van der Waals surface area contributed by atoms with Crippen LogP contribution in [0.15, 0.2) is 17.0 Å². The van der Waals surface area contributed by atoms with Gasteiger partial charge in [0.15, 0.2) is 0 Å². The van der Waals surface area contributed by atoms with Crippen LogP contribution in [0.2, 0.25) is 10.0 Å². The van der Waals surface area contributed by atoms with Gasteiger partial charge in [0, 0.05) is 10.6 Å². The first-order chi connectivity index (χ1) is 5.15. The van der Waals surface area contributed by atoms with Gasteiger partial charge in [-0.25, -0.2) is 0 Å². The van der Waals surface area contributed by atoms with Gasteiger partial charge in [-0.2, -0.15) is 0 Å². The van der Waals surface area contributed by atoms with E-state index in [4.69, 9.17) is 28.9 Å². The third-order valence-corrected chi connectivity index (χ3v) is 2.79. The predicted octanol–water partition coefficient (Wildman–Crippen LogP) is 3.30. The summed E-state index contributed by atoms with van der Waals surface area (Å²) >= 11 is 13.0. The molecule has 0 aliphatic heterocycles. The monoisotopic (exact) mass is 207 g/mol. The minimum atomic E-state index is 0.502. The molecular formula is C7H7Cl2NS. The zero-order valence-corrected chi connectivity index (χ0v) is 8.22. The molecule has 1 aromatic carbocycles. The standard InChI is InChI=1S/C7H7Cl2NS/c1-11-7-3-5(9)4(8)2-6(7)10/h2-3H,10H2,1H3. The molecule has 11 heavy (non-hydrogen) atoms. The molecule has 0 unspecified atom stereocenters. The van der Waals surface area contributed by atoms with Crippen LogP contribution in [0.25, 0.3) is 0 Å². The average molecular weight is 208 g/mol. The lowest BCUT2D eigenvalue weighted by molar-refractivity contribution is 1.47. The molecule has 0 atom stereocenters. The quantitative estimate of drug-likeness (QED) is 0.566. The Hall–Kier alpha value is -0.0500. The molecule has 2 N–H and O–H groups in total. The van der Waals surface area contributed by atoms with Gasteiger partial charge < -0.3 is 5.73 Å². The van der Waals surface area contributed by atoms with Crippen molar-refractivity contribution in [3.05, 3.63) is 22.2 Å². The van der Waals surface area contributed by atoms with E-state index in [1.165, 1.54) is 0 Å². The Labute approximate surface area is 79.9 Å². The number of nitrogen functional groups attached to an aromatic ring is 1. The topological polar surface area (TPSA) is 26.0 Å². The molecule has 0 bridgehead atoms. The normalized spacial score (nSPS) is 10.1. The first-order valence-corrected chi connectivity index (χ1v) is 4.91. The lowest BCUT2D eigenvalue weighted by Crippen LogP contribution is -1.87. The maximum absolute atomic E-state index is 5.76. The molecule has 0 aliphatic rings. The highest BCUT2D eigenvalue weighted by molar-refractivity contribution is 7.98. The van der Waals surface area contributed by atoms with Crippen LogP contribution in [-0.2, 0) is 0 Å². The molecule has 1 nitrogen and oxygen atoms in total. The van der Waals surface area contributed by atoms with Crippen LogP contribution in [0.4, 0.5) is 5.69 Å². The third-order valence-electron chi connectivity index (χ3n) is 1.27. The van der Waals surface area contributed by atoms with Gasteiger partial charge in [-0.05, 0) is 18.4 Å². The summed E-state index contributed by atoms with van der Waals surface area (Å²) in [4.78, 5) is 0.958. The van der Waals surface area contributed by atoms with Gasteiger partial charge in [0.1, 0.15) is 0 Å². The van der Waals surface area contributed by atoms with Gasteiger partial charge in [0.05, 0.1) is 10.0 Å². The molecule has 0 amide bonds. The summed E-state index contributed by atoms with van der Waals surface area (Å²) in [5, 5.41) is 1.05. The summed E-state index contributed by atoms with van der Waals surface area (Å²) in [5.74, 6) is 0. The molecule has 0 saturated heterocycles. The Balaban J connectivity index is 3.21. The van der Waals surface area contributed by atoms with E-state index >= 15 is 0 Å². The van der Waals surface area contributed by atoms with Crippen LogP contribution >= 0.6 is 35.0 Å². The first-order valence-electron chi connectivity index (χ1n) is 2.93. The maximum Gasteiger partial charge on any atom is 0.0613 e. The summed E-state index contributed by atoms with van der Waals surface area (Å²) < 4.78 is 0. The van der Waals surface area contributed by atoms with Gasteiger partial charge in [0.2, 0.25) is 0 Å². The third kappa shape index (κ3) is 1.95. The van der Waals surface area contributed by atoms with Crippen molar-refractivity contribution in [1.82, 2.24) is 0 Å². The van der Waals surface area contributed by atoms with Crippen LogP contribution in [0.3, 0.4) is 0 Å². The minimum absolute atomic E-state index is 0.502. The number of halogens is 2. The Morgan fingerprint density at radius 3 is 2.36 bits per heavy atom. The van der Waals surface area contributed by atoms with Crippen molar-refractivity contribution >= 4 is 40.7 Å². The van der Waals surface area contributed by atoms with Crippen LogP contribution in [0, 0.1) is 0 Å². The highest BCUT2D eigenvalue weighted by Crippen LogP contribution is 2.31. The van der Waals surface area contributed by atoms with E-state index in [-0.39, 0.29) is 0 Å².